The minimum absolute atomic E-state index is 0.0682. The van der Waals surface area contributed by atoms with Crippen LogP contribution in [0.2, 0.25) is 0 Å². The Kier molecular flexibility index (Phi) is 4.77. The molecule has 11 rings (SSSR count). The zero-order valence-corrected chi connectivity index (χ0v) is 25.6. The van der Waals surface area contributed by atoms with Crippen molar-refractivity contribution in [3.8, 4) is 34.0 Å². The van der Waals surface area contributed by atoms with Crippen LogP contribution in [0, 0.1) is 0 Å². The van der Waals surface area contributed by atoms with Gasteiger partial charge >= 0.3 is 0 Å². The summed E-state index contributed by atoms with van der Waals surface area (Å²) in [4.78, 5) is 0. The number of nitrogens with zero attached hydrogens (tertiary/aromatic N) is 4. The molecule has 1 atom stereocenters. The molecule has 0 N–H and O–H groups in total. The summed E-state index contributed by atoms with van der Waals surface area (Å²) in [7, 11) is 2.13. The van der Waals surface area contributed by atoms with E-state index in [2.05, 4.69) is 172 Å². The van der Waals surface area contributed by atoms with Crippen LogP contribution in [0.25, 0.3) is 66.0 Å². The fraction of sp³-hybridized carbons (Fsp3) is 0.0476. The van der Waals surface area contributed by atoms with Crippen LogP contribution in [0.15, 0.2) is 146 Å². The van der Waals surface area contributed by atoms with Crippen molar-refractivity contribution < 1.29 is 14.0 Å². The van der Waals surface area contributed by atoms with Gasteiger partial charge in [0.05, 0.1) is 36.0 Å². The van der Waals surface area contributed by atoms with E-state index in [1.54, 1.807) is 0 Å². The maximum absolute atomic E-state index is 6.75. The Morgan fingerprint density at radius 1 is 0.617 bits per heavy atom. The zero-order chi connectivity index (χ0) is 30.8. The molecule has 220 valence electrons. The van der Waals surface area contributed by atoms with E-state index >= 15 is 0 Å². The molecule has 47 heavy (non-hydrogen) atoms. The van der Waals surface area contributed by atoms with E-state index in [1.807, 2.05) is 0 Å². The Hall–Kier alpha value is -6.20. The van der Waals surface area contributed by atoms with Crippen molar-refractivity contribution in [2.45, 2.75) is 6.04 Å². The second kappa shape index (κ2) is 8.95. The molecule has 0 radical (unpaired) electrons. The molecule has 0 aliphatic carbocycles. The first-order valence-corrected chi connectivity index (χ1v) is 16.1. The summed E-state index contributed by atoms with van der Waals surface area (Å²) in [5.41, 5.74) is 9.43. The van der Waals surface area contributed by atoms with Crippen LogP contribution < -0.4 is 14.0 Å². The topological polar surface area (TPSA) is 26.8 Å². The number of fused-ring (bicyclic) bond motifs is 10. The number of benzene rings is 6. The third kappa shape index (κ3) is 3.22. The van der Waals surface area contributed by atoms with Crippen LogP contribution in [0.5, 0.6) is 11.5 Å². The van der Waals surface area contributed by atoms with Crippen molar-refractivity contribution in [2.24, 2.45) is 7.05 Å². The number of pyridine rings is 1. The molecule has 2 aliphatic rings. The van der Waals surface area contributed by atoms with E-state index in [1.165, 1.54) is 54.5 Å². The van der Waals surface area contributed by atoms with E-state index in [9.17, 15) is 0 Å². The summed E-state index contributed by atoms with van der Waals surface area (Å²) in [5, 5.41) is 7.48. The largest absolute Gasteiger partial charge is 0.456 e. The fourth-order valence-corrected chi connectivity index (χ4v) is 8.34. The van der Waals surface area contributed by atoms with E-state index in [4.69, 9.17) is 4.74 Å². The summed E-state index contributed by atoms with van der Waals surface area (Å²) in [6, 6.07) is 45.7. The molecule has 0 spiro atoms. The number of ether oxygens (including phenoxy) is 1. The Bertz CT molecular complexity index is 2750. The molecular weight excluding hydrogens is 576 g/mol. The maximum atomic E-state index is 6.75. The number of hydrogen-bond donors (Lipinski definition) is 0. The molecule has 0 bridgehead atoms. The van der Waals surface area contributed by atoms with Gasteiger partial charge < -0.3 is 4.74 Å². The lowest BCUT2D eigenvalue weighted by Gasteiger charge is -2.22. The normalized spacial score (nSPS) is 14.4. The van der Waals surface area contributed by atoms with Crippen LogP contribution >= 0.6 is 0 Å². The van der Waals surface area contributed by atoms with E-state index in [0.29, 0.717) is 0 Å². The molecule has 3 aromatic heterocycles. The number of rotatable bonds is 2. The van der Waals surface area contributed by atoms with Gasteiger partial charge in [-0.05, 0) is 76.1 Å². The second-order valence-corrected chi connectivity index (χ2v) is 12.7. The van der Waals surface area contributed by atoms with Gasteiger partial charge in [0.15, 0.2) is 0 Å². The number of aromatic nitrogens is 4. The molecule has 9 aromatic rings. The van der Waals surface area contributed by atoms with Crippen LogP contribution in [-0.2, 0) is 7.05 Å². The smallest absolute Gasteiger partial charge is 0.294 e. The van der Waals surface area contributed by atoms with Gasteiger partial charge in [0.1, 0.15) is 34.0 Å². The molecule has 1 unspecified atom stereocenters. The average molecular weight is 605 g/mol. The molecule has 5 nitrogen and oxygen atoms in total. The van der Waals surface area contributed by atoms with E-state index in [-0.39, 0.29) is 6.04 Å². The number of hydrogen-bond acceptors (Lipinski definition) is 1. The van der Waals surface area contributed by atoms with Crippen molar-refractivity contribution >= 4 is 43.5 Å². The fourth-order valence-electron chi connectivity index (χ4n) is 8.34. The van der Waals surface area contributed by atoms with Gasteiger partial charge in [-0.1, -0.05) is 77.5 Å². The molecule has 5 heteroatoms. The second-order valence-electron chi connectivity index (χ2n) is 12.7. The molecule has 0 saturated heterocycles. The van der Waals surface area contributed by atoms with Crippen LogP contribution in [0.4, 0.5) is 0 Å². The Balaban J connectivity index is 1.22. The predicted octanol–water partition coefficient (Wildman–Crippen LogP) is 8.72. The minimum atomic E-state index is -0.0682. The first-order chi connectivity index (χ1) is 23.2. The van der Waals surface area contributed by atoms with Gasteiger partial charge in [0.25, 0.3) is 5.65 Å². The number of para-hydroxylation sites is 1. The molecule has 2 aliphatic heterocycles. The lowest BCUT2D eigenvalue weighted by atomic mass is 9.91. The SMILES string of the molecule is C[n+]1cccc2c3ccccc3n(-c3cccc4c3C3c5c(cccc5-n5cc(-c6c7ccccc7cc7ccccc67)c[n+]53)O4)c21. The van der Waals surface area contributed by atoms with Gasteiger partial charge in [-0.15, -0.1) is 4.68 Å². The van der Waals surface area contributed by atoms with Crippen LogP contribution in [0.3, 0.4) is 0 Å². The summed E-state index contributed by atoms with van der Waals surface area (Å²) >= 11 is 0. The monoisotopic (exact) mass is 604 g/mol. The van der Waals surface area contributed by atoms with Gasteiger partial charge in [-0.2, -0.15) is 4.57 Å². The summed E-state index contributed by atoms with van der Waals surface area (Å²) in [6.45, 7) is 0. The quantitative estimate of drug-likeness (QED) is 0.143. The Morgan fingerprint density at radius 2 is 1.26 bits per heavy atom. The number of aryl methyl sites for hydroxylation is 1. The van der Waals surface area contributed by atoms with Crippen LogP contribution in [-0.4, -0.2) is 9.25 Å². The summed E-state index contributed by atoms with van der Waals surface area (Å²) < 4.78 is 16.1. The van der Waals surface area contributed by atoms with E-state index in [0.717, 1.165) is 34.1 Å². The summed E-state index contributed by atoms with van der Waals surface area (Å²) in [5.74, 6) is 1.80. The van der Waals surface area contributed by atoms with Crippen molar-refractivity contribution in [3.63, 3.8) is 0 Å². The van der Waals surface area contributed by atoms with Crippen molar-refractivity contribution in [3.05, 3.63) is 157 Å². The van der Waals surface area contributed by atoms with Gasteiger partial charge in [0, 0.05) is 10.9 Å². The standard InChI is InChI=1S/C42H28N4O/c1-43-22-10-16-32-31-15-6-7-17-33(31)46(42(32)43)35-19-9-21-37-40(35)41-39-34(18-8-20-36(39)47-37)44-24-28(25-45(41)44)38-29-13-4-2-11-26(29)23-27-12-3-5-14-30(27)38/h2-25,41H,1H3/q+2. The Morgan fingerprint density at radius 3 is 2.02 bits per heavy atom. The third-order valence-electron chi connectivity index (χ3n) is 10.2. The lowest BCUT2D eigenvalue weighted by Crippen LogP contribution is -2.43. The highest BCUT2D eigenvalue weighted by Gasteiger charge is 2.48. The van der Waals surface area contributed by atoms with Gasteiger partial charge in [0.2, 0.25) is 12.2 Å². The molecule has 0 amide bonds. The van der Waals surface area contributed by atoms with Crippen molar-refractivity contribution in [1.82, 2.24) is 9.25 Å². The highest BCUT2D eigenvalue weighted by molar-refractivity contribution is 6.12. The Labute approximate surface area is 270 Å². The minimum Gasteiger partial charge on any atom is -0.456 e. The third-order valence-corrected chi connectivity index (χ3v) is 10.2. The lowest BCUT2D eigenvalue weighted by molar-refractivity contribution is -0.765. The first-order valence-electron chi connectivity index (χ1n) is 16.1. The molecular formula is C42H28N4O+2. The summed E-state index contributed by atoms with van der Waals surface area (Å²) in [6.07, 6.45) is 6.79. The molecule has 0 fully saturated rings. The average Bonchev–Trinajstić information content (AvgIpc) is 3.78. The first kappa shape index (κ1) is 25.0. The zero-order valence-electron chi connectivity index (χ0n) is 25.6. The highest BCUT2D eigenvalue weighted by Crippen LogP contribution is 2.51. The van der Waals surface area contributed by atoms with Crippen molar-refractivity contribution in [2.75, 3.05) is 0 Å². The molecule has 0 saturated carbocycles. The highest BCUT2D eigenvalue weighted by atomic mass is 16.5. The maximum Gasteiger partial charge on any atom is 0.294 e. The molecule has 5 heterocycles. The van der Waals surface area contributed by atoms with Crippen LogP contribution in [0.1, 0.15) is 17.2 Å². The van der Waals surface area contributed by atoms with Gasteiger partial charge in [-0.25, -0.2) is 4.57 Å². The van der Waals surface area contributed by atoms with E-state index < -0.39 is 0 Å². The van der Waals surface area contributed by atoms with Gasteiger partial charge in [-0.3, -0.25) is 0 Å². The van der Waals surface area contributed by atoms with Crippen molar-refractivity contribution in [1.29, 1.82) is 0 Å². The molecule has 6 aromatic carbocycles. The predicted molar refractivity (Wildman–Crippen MR) is 186 cm³/mol.